The third-order valence-electron chi connectivity index (χ3n) is 6.77. The maximum absolute atomic E-state index is 14.8. The average Bonchev–Trinajstić information content (AvgIpc) is 3.53. The zero-order chi connectivity index (χ0) is 25.5. The Bertz CT molecular complexity index is 1400. The summed E-state index contributed by atoms with van der Waals surface area (Å²) in [6.07, 6.45) is -0.612. The molecule has 1 aromatic heterocycles. The van der Waals surface area contributed by atoms with E-state index in [9.17, 15) is 14.0 Å². The molecule has 3 aromatic rings. The van der Waals surface area contributed by atoms with Gasteiger partial charge in [-0.2, -0.15) is 5.10 Å². The lowest BCUT2D eigenvalue weighted by atomic mass is 10.0. The Hall–Kier alpha value is -4.09. The molecule has 6 rings (SSSR count). The number of carbonyl (C=O) groups excluding carboxylic acids is 2. The monoisotopic (exact) mass is 503 g/mol. The highest BCUT2D eigenvalue weighted by Gasteiger charge is 2.36. The standard InChI is InChI=1S/C26H26FN7O3/c1-14-10-11-34-26(37-14)19(21(33-34)16-12-28-29-13-16)24(35)32-23-25(36)31-22-17(8-5-9-18(22)27)20(30-23)15-6-3-2-4-7-15/h2-9,14,16,23,28-29H,10-13H2,1H3,(H,31,36)(H,32,35)/t14-,23-/m1/s1. The molecule has 0 saturated carbocycles. The van der Waals surface area contributed by atoms with E-state index >= 15 is 0 Å². The quantitative estimate of drug-likeness (QED) is 0.432. The summed E-state index contributed by atoms with van der Waals surface area (Å²) < 4.78 is 22.5. The number of aryl methyl sites for hydroxylation is 1. The number of ether oxygens (including phenoxy) is 1. The molecule has 3 aliphatic rings. The number of hydrogen-bond acceptors (Lipinski definition) is 7. The van der Waals surface area contributed by atoms with Crippen molar-refractivity contribution in [3.8, 4) is 5.88 Å². The molecule has 2 atom stereocenters. The first-order chi connectivity index (χ1) is 18.0. The number of hydrogen-bond donors (Lipinski definition) is 4. The Morgan fingerprint density at radius 1 is 1.14 bits per heavy atom. The van der Waals surface area contributed by atoms with Gasteiger partial charge >= 0.3 is 0 Å². The van der Waals surface area contributed by atoms with Gasteiger partial charge in [0.2, 0.25) is 12.0 Å². The molecule has 1 saturated heterocycles. The van der Waals surface area contributed by atoms with Gasteiger partial charge in [-0.15, -0.1) is 0 Å². The van der Waals surface area contributed by atoms with Gasteiger partial charge in [0.15, 0.2) is 0 Å². The van der Waals surface area contributed by atoms with Crippen molar-refractivity contribution in [2.45, 2.75) is 38.1 Å². The molecule has 4 heterocycles. The van der Waals surface area contributed by atoms with E-state index in [2.05, 4.69) is 26.5 Å². The van der Waals surface area contributed by atoms with Crippen molar-refractivity contribution in [2.24, 2.45) is 4.99 Å². The topological polar surface area (TPSA) is 122 Å². The van der Waals surface area contributed by atoms with Gasteiger partial charge in [-0.05, 0) is 13.0 Å². The lowest BCUT2D eigenvalue weighted by Gasteiger charge is -2.22. The van der Waals surface area contributed by atoms with E-state index in [1.165, 1.54) is 6.07 Å². The molecule has 1 fully saturated rings. The van der Waals surface area contributed by atoms with Crippen molar-refractivity contribution in [1.82, 2.24) is 25.9 Å². The minimum atomic E-state index is -1.31. The molecule has 10 nitrogen and oxygen atoms in total. The summed E-state index contributed by atoms with van der Waals surface area (Å²) in [7, 11) is 0. The summed E-state index contributed by atoms with van der Waals surface area (Å²) >= 11 is 0. The fourth-order valence-corrected chi connectivity index (χ4v) is 4.86. The van der Waals surface area contributed by atoms with Crippen molar-refractivity contribution in [1.29, 1.82) is 0 Å². The van der Waals surface area contributed by atoms with E-state index in [0.717, 1.165) is 6.42 Å². The van der Waals surface area contributed by atoms with Gasteiger partial charge in [0.1, 0.15) is 11.4 Å². The fourth-order valence-electron chi connectivity index (χ4n) is 4.86. The van der Waals surface area contributed by atoms with Crippen LogP contribution in [0.2, 0.25) is 0 Å². The number of aliphatic imine (C=N–C) groups is 1. The van der Waals surface area contributed by atoms with Crippen LogP contribution in [0.15, 0.2) is 53.5 Å². The van der Waals surface area contributed by atoms with Crippen LogP contribution in [0.1, 0.15) is 46.4 Å². The van der Waals surface area contributed by atoms with Crippen LogP contribution >= 0.6 is 0 Å². The smallest absolute Gasteiger partial charge is 0.269 e. The molecule has 0 bridgehead atoms. The van der Waals surface area contributed by atoms with Crippen LogP contribution in [-0.4, -0.2) is 52.7 Å². The highest BCUT2D eigenvalue weighted by atomic mass is 19.1. The van der Waals surface area contributed by atoms with E-state index in [-0.39, 0.29) is 17.7 Å². The molecule has 3 aliphatic heterocycles. The number of aromatic nitrogens is 2. The van der Waals surface area contributed by atoms with Crippen LogP contribution in [0.25, 0.3) is 0 Å². The summed E-state index contributed by atoms with van der Waals surface area (Å²) in [5.74, 6) is -1.43. The number of benzene rings is 2. The molecule has 0 spiro atoms. The fraction of sp³-hybridized carbons (Fsp3) is 0.308. The maximum Gasteiger partial charge on any atom is 0.269 e. The number of rotatable bonds is 4. The van der Waals surface area contributed by atoms with Crippen molar-refractivity contribution in [3.63, 3.8) is 0 Å². The number of nitrogens with one attached hydrogen (secondary N) is 4. The highest BCUT2D eigenvalue weighted by molar-refractivity contribution is 6.20. The number of halogens is 1. The number of benzodiazepines with no additional fused rings is 1. The number of nitrogens with zero attached hydrogens (tertiary/aromatic N) is 3. The van der Waals surface area contributed by atoms with Gasteiger partial charge in [-0.3, -0.25) is 20.4 Å². The van der Waals surface area contributed by atoms with Crippen LogP contribution < -0.4 is 26.2 Å². The lowest BCUT2D eigenvalue weighted by molar-refractivity contribution is -0.117. The normalized spacial score (nSPS) is 21.2. The number of anilines is 1. The zero-order valence-corrected chi connectivity index (χ0v) is 20.1. The Labute approximate surface area is 212 Å². The molecule has 0 aliphatic carbocycles. The molecule has 2 amide bonds. The van der Waals surface area contributed by atoms with Crippen molar-refractivity contribution < 1.29 is 18.7 Å². The Balaban J connectivity index is 1.40. The number of hydrazine groups is 1. The van der Waals surface area contributed by atoms with Crippen LogP contribution in [0.3, 0.4) is 0 Å². The van der Waals surface area contributed by atoms with Crippen LogP contribution in [0, 0.1) is 5.82 Å². The number of carbonyl (C=O) groups is 2. The van der Waals surface area contributed by atoms with Gasteiger partial charge in [-0.1, -0.05) is 42.5 Å². The van der Waals surface area contributed by atoms with Crippen LogP contribution in [-0.2, 0) is 11.3 Å². The Morgan fingerprint density at radius 3 is 2.70 bits per heavy atom. The predicted molar refractivity (Wildman–Crippen MR) is 134 cm³/mol. The van der Waals surface area contributed by atoms with Gasteiger partial charge in [0.05, 0.1) is 23.2 Å². The molecule has 190 valence electrons. The summed E-state index contributed by atoms with van der Waals surface area (Å²) in [6.45, 7) is 3.76. The number of para-hydroxylation sites is 1. The van der Waals surface area contributed by atoms with E-state index < -0.39 is 23.8 Å². The van der Waals surface area contributed by atoms with Crippen LogP contribution in [0.4, 0.5) is 10.1 Å². The highest BCUT2D eigenvalue weighted by Crippen LogP contribution is 2.33. The predicted octanol–water partition coefficient (Wildman–Crippen LogP) is 1.93. The summed E-state index contributed by atoms with van der Waals surface area (Å²) in [5, 5.41) is 10.1. The number of amides is 2. The molecule has 37 heavy (non-hydrogen) atoms. The molecule has 4 N–H and O–H groups in total. The summed E-state index contributed by atoms with van der Waals surface area (Å²) in [6, 6.07) is 13.7. The molecule has 0 unspecified atom stereocenters. The average molecular weight is 504 g/mol. The lowest BCUT2D eigenvalue weighted by Crippen LogP contribution is -2.43. The Kier molecular flexibility index (Phi) is 5.93. The second-order valence-electron chi connectivity index (χ2n) is 9.34. The third kappa shape index (κ3) is 4.25. The van der Waals surface area contributed by atoms with Crippen molar-refractivity contribution in [3.05, 3.63) is 76.7 Å². The minimum Gasteiger partial charge on any atom is -0.474 e. The summed E-state index contributed by atoms with van der Waals surface area (Å²) in [4.78, 5) is 31.6. The first kappa shape index (κ1) is 23.3. The molecular weight excluding hydrogens is 477 g/mol. The first-order valence-corrected chi connectivity index (χ1v) is 12.3. The van der Waals surface area contributed by atoms with Gasteiger partial charge in [0.25, 0.3) is 11.8 Å². The largest absolute Gasteiger partial charge is 0.474 e. The van der Waals surface area contributed by atoms with E-state index in [1.54, 1.807) is 16.8 Å². The maximum atomic E-state index is 14.8. The SMILES string of the molecule is C[C@@H]1CCn2nc(C3CNNC3)c(C(=O)N[C@H]3N=C(c4ccccc4)c4cccc(F)c4NC3=O)c2O1. The van der Waals surface area contributed by atoms with Gasteiger partial charge in [0, 0.05) is 43.1 Å². The van der Waals surface area contributed by atoms with E-state index in [1.807, 2.05) is 37.3 Å². The molecular formula is C26H26FN7O3. The minimum absolute atomic E-state index is 0.0238. The second-order valence-corrected chi connectivity index (χ2v) is 9.34. The van der Waals surface area contributed by atoms with Crippen molar-refractivity contribution in [2.75, 3.05) is 18.4 Å². The molecule has 0 radical (unpaired) electrons. The Morgan fingerprint density at radius 2 is 1.92 bits per heavy atom. The summed E-state index contributed by atoms with van der Waals surface area (Å²) in [5.41, 5.74) is 8.56. The molecule has 11 heteroatoms. The van der Waals surface area contributed by atoms with Gasteiger partial charge in [-0.25, -0.2) is 14.1 Å². The zero-order valence-electron chi connectivity index (χ0n) is 20.1. The first-order valence-electron chi connectivity index (χ1n) is 12.3. The number of fused-ring (bicyclic) bond motifs is 2. The van der Waals surface area contributed by atoms with Gasteiger partial charge < -0.3 is 15.4 Å². The van der Waals surface area contributed by atoms with Crippen LogP contribution in [0.5, 0.6) is 5.88 Å². The molecule has 2 aromatic carbocycles. The van der Waals surface area contributed by atoms with Crippen molar-refractivity contribution >= 4 is 23.2 Å². The van der Waals surface area contributed by atoms with E-state index in [4.69, 9.17) is 9.84 Å². The van der Waals surface area contributed by atoms with E-state index in [0.29, 0.717) is 53.6 Å². The second kappa shape index (κ2) is 9.41. The third-order valence-corrected chi connectivity index (χ3v) is 6.77.